The second kappa shape index (κ2) is 6.76. The predicted molar refractivity (Wildman–Crippen MR) is 90.3 cm³/mol. The monoisotopic (exact) mass is 340 g/mol. The van der Waals surface area contributed by atoms with E-state index in [4.69, 9.17) is 4.74 Å². The molecule has 0 spiro atoms. The van der Waals surface area contributed by atoms with Gasteiger partial charge in [0.25, 0.3) is 11.5 Å². The molecular formula is C18H20N4O3. The number of amides is 1. The Labute approximate surface area is 144 Å². The summed E-state index contributed by atoms with van der Waals surface area (Å²) >= 11 is 0. The van der Waals surface area contributed by atoms with Gasteiger partial charge in [-0.3, -0.25) is 14.6 Å². The minimum absolute atomic E-state index is 0.00937. The van der Waals surface area contributed by atoms with Crippen molar-refractivity contribution in [1.29, 1.82) is 0 Å². The Morgan fingerprint density at radius 1 is 1.24 bits per heavy atom. The summed E-state index contributed by atoms with van der Waals surface area (Å²) < 4.78 is 5.81. The predicted octanol–water partition coefficient (Wildman–Crippen LogP) is 1.69. The number of hydrogen-bond donors (Lipinski definition) is 2. The SMILES string of the molecule is O=C(N[C@@H]1CCO[C@H](c2ccncc2)C1)c1cc(=O)[nH]c(C2CC2)n1. The molecule has 2 atom stereocenters. The molecule has 25 heavy (non-hydrogen) atoms. The van der Waals surface area contributed by atoms with Crippen molar-refractivity contribution in [3.8, 4) is 0 Å². The van der Waals surface area contributed by atoms with Crippen LogP contribution < -0.4 is 10.9 Å². The Kier molecular flexibility index (Phi) is 4.31. The first-order valence-corrected chi connectivity index (χ1v) is 8.62. The van der Waals surface area contributed by atoms with Crippen molar-refractivity contribution < 1.29 is 9.53 Å². The van der Waals surface area contributed by atoms with Gasteiger partial charge in [0.15, 0.2) is 0 Å². The first-order chi connectivity index (χ1) is 12.2. The number of hydrogen-bond acceptors (Lipinski definition) is 5. The van der Waals surface area contributed by atoms with Crippen molar-refractivity contribution in [2.75, 3.05) is 6.61 Å². The van der Waals surface area contributed by atoms with Gasteiger partial charge in [-0.2, -0.15) is 0 Å². The van der Waals surface area contributed by atoms with Gasteiger partial charge in [-0.25, -0.2) is 4.98 Å². The molecule has 1 saturated heterocycles. The number of nitrogens with one attached hydrogen (secondary N) is 2. The number of H-pyrrole nitrogens is 1. The summed E-state index contributed by atoms with van der Waals surface area (Å²) in [6.07, 6.45) is 6.88. The highest BCUT2D eigenvalue weighted by Gasteiger charge is 2.29. The molecule has 2 aromatic heterocycles. The number of rotatable bonds is 4. The Morgan fingerprint density at radius 3 is 2.80 bits per heavy atom. The molecule has 0 aromatic carbocycles. The van der Waals surface area contributed by atoms with Gasteiger partial charge in [0.1, 0.15) is 11.5 Å². The van der Waals surface area contributed by atoms with Crippen LogP contribution in [-0.2, 0) is 4.74 Å². The first-order valence-electron chi connectivity index (χ1n) is 8.62. The topological polar surface area (TPSA) is 97.0 Å². The van der Waals surface area contributed by atoms with Gasteiger partial charge in [0, 0.05) is 37.0 Å². The zero-order valence-electron chi connectivity index (χ0n) is 13.8. The Bertz CT molecular complexity index is 817. The standard InChI is InChI=1S/C18H20N4O3/c23-16-10-14(21-17(22-16)12-1-2-12)18(24)20-13-5-8-25-15(9-13)11-3-6-19-7-4-11/h3-4,6-7,10,12-13,15H,1-2,5,8-9H2,(H,20,24)(H,21,22,23)/t13-,15+/m1/s1. The average Bonchev–Trinajstić information content (AvgIpc) is 3.47. The quantitative estimate of drug-likeness (QED) is 0.883. The van der Waals surface area contributed by atoms with Crippen LogP contribution in [0.4, 0.5) is 0 Å². The third-order valence-corrected chi connectivity index (χ3v) is 4.65. The van der Waals surface area contributed by atoms with Gasteiger partial charge in [0.2, 0.25) is 0 Å². The fraction of sp³-hybridized carbons (Fsp3) is 0.444. The van der Waals surface area contributed by atoms with Gasteiger partial charge in [-0.05, 0) is 43.4 Å². The van der Waals surface area contributed by atoms with Gasteiger partial charge < -0.3 is 15.0 Å². The first kappa shape index (κ1) is 16.0. The largest absolute Gasteiger partial charge is 0.373 e. The number of aromatic amines is 1. The smallest absolute Gasteiger partial charge is 0.270 e. The van der Waals surface area contributed by atoms with Crippen LogP contribution in [0, 0.1) is 0 Å². The van der Waals surface area contributed by atoms with Crippen molar-refractivity contribution in [1.82, 2.24) is 20.3 Å². The van der Waals surface area contributed by atoms with E-state index < -0.39 is 0 Å². The number of ether oxygens (including phenoxy) is 1. The van der Waals surface area contributed by atoms with Gasteiger partial charge in [0.05, 0.1) is 6.10 Å². The summed E-state index contributed by atoms with van der Waals surface area (Å²) in [5, 5.41) is 3.00. The molecule has 2 aliphatic rings. The lowest BCUT2D eigenvalue weighted by Crippen LogP contribution is -2.40. The molecule has 2 fully saturated rings. The van der Waals surface area contributed by atoms with E-state index in [1.165, 1.54) is 6.07 Å². The highest BCUT2D eigenvalue weighted by atomic mass is 16.5. The van der Waals surface area contributed by atoms with E-state index in [1.807, 2.05) is 12.1 Å². The summed E-state index contributed by atoms with van der Waals surface area (Å²) in [6.45, 7) is 0.577. The third kappa shape index (κ3) is 3.76. The molecule has 2 aromatic rings. The number of carbonyl (C=O) groups is 1. The molecule has 7 heteroatoms. The molecule has 2 N–H and O–H groups in total. The number of aromatic nitrogens is 3. The van der Waals surface area contributed by atoms with Gasteiger partial charge in [-0.15, -0.1) is 0 Å². The highest BCUT2D eigenvalue weighted by molar-refractivity contribution is 5.92. The van der Waals surface area contributed by atoms with Crippen molar-refractivity contribution in [3.05, 3.63) is 58.0 Å². The van der Waals surface area contributed by atoms with Crippen LogP contribution in [0.2, 0.25) is 0 Å². The lowest BCUT2D eigenvalue weighted by molar-refractivity contribution is 0.000818. The molecule has 1 aliphatic carbocycles. The molecule has 0 bridgehead atoms. The maximum absolute atomic E-state index is 12.5. The summed E-state index contributed by atoms with van der Waals surface area (Å²) in [7, 11) is 0. The van der Waals surface area contributed by atoms with Crippen molar-refractivity contribution in [2.24, 2.45) is 0 Å². The van der Waals surface area contributed by atoms with Crippen molar-refractivity contribution in [3.63, 3.8) is 0 Å². The molecule has 1 amide bonds. The van der Waals surface area contributed by atoms with Gasteiger partial charge in [-0.1, -0.05) is 0 Å². The summed E-state index contributed by atoms with van der Waals surface area (Å²) in [5.74, 6) is 0.618. The van der Waals surface area contributed by atoms with Crippen LogP contribution in [-0.4, -0.2) is 33.5 Å². The van der Waals surface area contributed by atoms with Crippen LogP contribution in [0.15, 0.2) is 35.4 Å². The Morgan fingerprint density at radius 2 is 2.04 bits per heavy atom. The Hall–Kier alpha value is -2.54. The van der Waals surface area contributed by atoms with Crippen LogP contribution in [0.25, 0.3) is 0 Å². The second-order valence-corrected chi connectivity index (χ2v) is 6.62. The maximum Gasteiger partial charge on any atom is 0.270 e. The minimum Gasteiger partial charge on any atom is -0.373 e. The molecule has 0 radical (unpaired) electrons. The lowest BCUT2D eigenvalue weighted by atomic mass is 9.98. The lowest BCUT2D eigenvalue weighted by Gasteiger charge is -2.30. The zero-order chi connectivity index (χ0) is 17.2. The molecule has 7 nitrogen and oxygen atoms in total. The molecule has 0 unspecified atom stereocenters. The van der Waals surface area contributed by atoms with Crippen LogP contribution >= 0.6 is 0 Å². The zero-order valence-corrected chi connectivity index (χ0v) is 13.8. The molecule has 1 saturated carbocycles. The molecule has 1 aliphatic heterocycles. The number of carbonyl (C=O) groups excluding carboxylic acids is 1. The van der Waals surface area contributed by atoms with Gasteiger partial charge >= 0.3 is 0 Å². The normalized spacial score (nSPS) is 23.2. The van der Waals surface area contributed by atoms with E-state index in [9.17, 15) is 9.59 Å². The second-order valence-electron chi connectivity index (χ2n) is 6.62. The van der Waals surface area contributed by atoms with Crippen LogP contribution in [0.1, 0.15) is 59.6 Å². The van der Waals surface area contributed by atoms with Crippen LogP contribution in [0.5, 0.6) is 0 Å². The minimum atomic E-state index is -0.298. The highest BCUT2D eigenvalue weighted by Crippen LogP contribution is 2.37. The van der Waals surface area contributed by atoms with E-state index in [2.05, 4.69) is 20.3 Å². The van der Waals surface area contributed by atoms with Crippen LogP contribution in [0.3, 0.4) is 0 Å². The van der Waals surface area contributed by atoms with E-state index in [1.54, 1.807) is 12.4 Å². The van der Waals surface area contributed by atoms with Crippen molar-refractivity contribution in [2.45, 2.75) is 43.7 Å². The maximum atomic E-state index is 12.5. The number of nitrogens with zero attached hydrogens (tertiary/aromatic N) is 2. The average molecular weight is 340 g/mol. The van der Waals surface area contributed by atoms with E-state index in [-0.39, 0.29) is 29.3 Å². The fourth-order valence-electron chi connectivity index (χ4n) is 3.14. The molecular weight excluding hydrogens is 320 g/mol. The van der Waals surface area contributed by atoms with E-state index in [0.29, 0.717) is 24.8 Å². The van der Waals surface area contributed by atoms with E-state index >= 15 is 0 Å². The summed E-state index contributed by atoms with van der Waals surface area (Å²) in [5.41, 5.74) is 0.973. The Balaban J connectivity index is 1.44. The fourth-order valence-corrected chi connectivity index (χ4v) is 3.14. The number of pyridine rings is 1. The summed E-state index contributed by atoms with van der Waals surface area (Å²) in [6, 6.07) is 5.11. The van der Waals surface area contributed by atoms with E-state index in [0.717, 1.165) is 24.8 Å². The summed E-state index contributed by atoms with van der Waals surface area (Å²) in [4.78, 5) is 35.4. The van der Waals surface area contributed by atoms with Crippen molar-refractivity contribution >= 4 is 5.91 Å². The molecule has 3 heterocycles. The molecule has 4 rings (SSSR count). The third-order valence-electron chi connectivity index (χ3n) is 4.65. The molecule has 130 valence electrons.